The predicted molar refractivity (Wildman–Crippen MR) is 79.6 cm³/mol. The lowest BCUT2D eigenvalue weighted by Gasteiger charge is -2.12. The molecule has 0 amide bonds. The second kappa shape index (κ2) is 6.17. The minimum atomic E-state index is 0.560. The van der Waals surface area contributed by atoms with E-state index in [1.165, 1.54) is 5.56 Å². The van der Waals surface area contributed by atoms with Gasteiger partial charge in [0.25, 0.3) is 0 Å². The second-order valence-corrected chi connectivity index (χ2v) is 5.10. The van der Waals surface area contributed by atoms with Crippen LogP contribution in [-0.2, 0) is 11.2 Å². The zero-order chi connectivity index (χ0) is 13.7. The molecule has 1 nitrogen and oxygen atoms in total. The van der Waals surface area contributed by atoms with E-state index in [1.807, 2.05) is 48.5 Å². The molecule has 0 aliphatic rings. The van der Waals surface area contributed by atoms with Crippen LogP contribution >= 0.6 is 0 Å². The van der Waals surface area contributed by atoms with Gasteiger partial charge in [-0.15, -0.1) is 0 Å². The highest BCUT2D eigenvalue weighted by Crippen LogP contribution is 2.25. The number of rotatable bonds is 4. The van der Waals surface area contributed by atoms with Crippen molar-refractivity contribution in [2.24, 2.45) is 5.92 Å². The molecule has 0 saturated heterocycles. The van der Waals surface area contributed by atoms with E-state index >= 15 is 0 Å². The van der Waals surface area contributed by atoms with Crippen LogP contribution in [0.2, 0.25) is 0 Å². The van der Waals surface area contributed by atoms with Crippen molar-refractivity contribution >= 4 is 11.5 Å². The van der Waals surface area contributed by atoms with Gasteiger partial charge in [0.05, 0.1) is 5.57 Å². The van der Waals surface area contributed by atoms with Crippen LogP contribution in [0.15, 0.2) is 54.6 Å². The minimum absolute atomic E-state index is 0.560. The Labute approximate surface area is 114 Å². The smallest absolute Gasteiger partial charge is 0.133 e. The van der Waals surface area contributed by atoms with E-state index in [2.05, 4.69) is 25.9 Å². The van der Waals surface area contributed by atoms with E-state index in [-0.39, 0.29) is 0 Å². The van der Waals surface area contributed by atoms with Gasteiger partial charge in [-0.05, 0) is 29.0 Å². The monoisotopic (exact) mass is 250 g/mol. The van der Waals surface area contributed by atoms with Crippen LogP contribution in [0, 0.1) is 5.92 Å². The molecule has 2 rings (SSSR count). The predicted octanol–water partition coefficient (Wildman–Crippen LogP) is 4.15. The SMILES string of the molecule is CC(C)Cc1ccccc1C(=C=O)c1ccccc1. The third kappa shape index (κ3) is 3.21. The topological polar surface area (TPSA) is 17.1 Å². The molecule has 0 bridgehead atoms. The summed E-state index contributed by atoms with van der Waals surface area (Å²) in [5, 5.41) is 0. The molecule has 0 saturated carbocycles. The summed E-state index contributed by atoms with van der Waals surface area (Å²) < 4.78 is 0. The van der Waals surface area contributed by atoms with Crippen molar-refractivity contribution in [2.75, 3.05) is 0 Å². The largest absolute Gasteiger partial charge is 0.233 e. The molecule has 0 radical (unpaired) electrons. The Bertz CT molecular complexity index is 590. The number of benzene rings is 2. The van der Waals surface area contributed by atoms with Gasteiger partial charge in [0.15, 0.2) is 0 Å². The van der Waals surface area contributed by atoms with Gasteiger partial charge in [-0.3, -0.25) is 0 Å². The summed E-state index contributed by atoms with van der Waals surface area (Å²) in [7, 11) is 0. The lowest BCUT2D eigenvalue weighted by atomic mass is 9.91. The molecule has 2 aromatic rings. The van der Waals surface area contributed by atoms with Gasteiger partial charge in [0.1, 0.15) is 5.94 Å². The van der Waals surface area contributed by atoms with E-state index in [0.29, 0.717) is 11.5 Å². The molecule has 0 aliphatic carbocycles. The average Bonchev–Trinajstić information content (AvgIpc) is 2.42. The van der Waals surface area contributed by atoms with Gasteiger partial charge in [0, 0.05) is 0 Å². The fraction of sp³-hybridized carbons (Fsp3) is 0.222. The zero-order valence-corrected chi connectivity index (χ0v) is 11.4. The Morgan fingerprint density at radius 3 is 2.26 bits per heavy atom. The Morgan fingerprint density at radius 2 is 1.63 bits per heavy atom. The maximum Gasteiger partial charge on any atom is 0.133 e. The highest BCUT2D eigenvalue weighted by atomic mass is 16.1. The molecule has 96 valence electrons. The Morgan fingerprint density at radius 1 is 1.00 bits per heavy atom. The first kappa shape index (κ1) is 13.3. The lowest BCUT2D eigenvalue weighted by molar-refractivity contribution is 0.569. The van der Waals surface area contributed by atoms with Gasteiger partial charge < -0.3 is 0 Å². The number of hydrogen-bond donors (Lipinski definition) is 0. The summed E-state index contributed by atoms with van der Waals surface area (Å²) in [6, 6.07) is 17.8. The third-order valence-electron chi connectivity index (χ3n) is 3.08. The van der Waals surface area contributed by atoms with Crippen molar-refractivity contribution in [3.05, 3.63) is 71.3 Å². The summed E-state index contributed by atoms with van der Waals surface area (Å²) >= 11 is 0. The quantitative estimate of drug-likeness (QED) is 0.745. The van der Waals surface area contributed by atoms with E-state index in [9.17, 15) is 4.79 Å². The van der Waals surface area contributed by atoms with E-state index < -0.39 is 0 Å². The molecule has 0 fully saturated rings. The van der Waals surface area contributed by atoms with Crippen molar-refractivity contribution in [3.63, 3.8) is 0 Å². The normalized spacial score (nSPS) is 10.3. The molecule has 1 heteroatoms. The zero-order valence-electron chi connectivity index (χ0n) is 11.4. The molecule has 0 unspecified atom stereocenters. The molecule has 2 aromatic carbocycles. The number of carbonyl (C=O) groups excluding carboxylic acids is 1. The van der Waals surface area contributed by atoms with Crippen molar-refractivity contribution in [2.45, 2.75) is 20.3 Å². The molecule has 0 heterocycles. The lowest BCUT2D eigenvalue weighted by Crippen LogP contribution is -2.00. The molecule has 0 N–H and O–H groups in total. The standard InChI is InChI=1S/C18H18O/c1-14(2)12-16-10-6-7-11-17(16)18(13-19)15-8-4-3-5-9-15/h3-11,14H,12H2,1-2H3. The first-order chi connectivity index (χ1) is 9.22. The van der Waals surface area contributed by atoms with E-state index in [0.717, 1.165) is 17.5 Å². The van der Waals surface area contributed by atoms with Gasteiger partial charge in [0.2, 0.25) is 0 Å². The van der Waals surface area contributed by atoms with Crippen LogP contribution in [-0.4, -0.2) is 5.94 Å². The van der Waals surface area contributed by atoms with Crippen LogP contribution in [0.3, 0.4) is 0 Å². The molecular formula is C18H18O. The highest BCUT2D eigenvalue weighted by molar-refractivity contribution is 5.97. The fourth-order valence-electron chi connectivity index (χ4n) is 2.26. The average molecular weight is 250 g/mol. The maximum absolute atomic E-state index is 11.4. The van der Waals surface area contributed by atoms with Crippen molar-refractivity contribution < 1.29 is 4.79 Å². The molecular weight excluding hydrogens is 232 g/mol. The maximum atomic E-state index is 11.4. The van der Waals surface area contributed by atoms with Crippen LogP contribution in [0.25, 0.3) is 5.57 Å². The van der Waals surface area contributed by atoms with Gasteiger partial charge >= 0.3 is 0 Å². The van der Waals surface area contributed by atoms with Crippen LogP contribution in [0.5, 0.6) is 0 Å². The summed E-state index contributed by atoms with van der Waals surface area (Å²) in [5.41, 5.74) is 3.78. The first-order valence-corrected chi connectivity index (χ1v) is 6.61. The minimum Gasteiger partial charge on any atom is -0.233 e. The second-order valence-electron chi connectivity index (χ2n) is 5.10. The summed E-state index contributed by atoms with van der Waals surface area (Å²) in [4.78, 5) is 11.4. The van der Waals surface area contributed by atoms with Crippen LogP contribution < -0.4 is 0 Å². The van der Waals surface area contributed by atoms with Gasteiger partial charge in [-0.2, -0.15) is 0 Å². The summed E-state index contributed by atoms with van der Waals surface area (Å²) in [5.74, 6) is 2.67. The van der Waals surface area contributed by atoms with Crippen molar-refractivity contribution in [1.82, 2.24) is 0 Å². The Kier molecular flexibility index (Phi) is 4.33. The third-order valence-corrected chi connectivity index (χ3v) is 3.08. The van der Waals surface area contributed by atoms with Gasteiger partial charge in [-0.1, -0.05) is 68.4 Å². The van der Waals surface area contributed by atoms with Crippen LogP contribution in [0.1, 0.15) is 30.5 Å². The molecule has 0 atom stereocenters. The summed E-state index contributed by atoms with van der Waals surface area (Å²) in [6.45, 7) is 4.37. The fourth-order valence-corrected chi connectivity index (χ4v) is 2.26. The summed E-state index contributed by atoms with van der Waals surface area (Å²) in [6.07, 6.45) is 0.966. The highest BCUT2D eigenvalue weighted by Gasteiger charge is 2.11. The molecule has 19 heavy (non-hydrogen) atoms. The molecule has 0 spiro atoms. The van der Waals surface area contributed by atoms with E-state index in [4.69, 9.17) is 0 Å². The van der Waals surface area contributed by atoms with Crippen molar-refractivity contribution in [3.8, 4) is 0 Å². The first-order valence-electron chi connectivity index (χ1n) is 6.61. The molecule has 0 aromatic heterocycles. The Hall–Kier alpha value is -2.11. The van der Waals surface area contributed by atoms with Crippen LogP contribution in [0.4, 0.5) is 0 Å². The number of hydrogen-bond acceptors (Lipinski definition) is 1. The molecule has 0 aliphatic heterocycles. The van der Waals surface area contributed by atoms with E-state index in [1.54, 1.807) is 0 Å². The van der Waals surface area contributed by atoms with Crippen molar-refractivity contribution in [1.29, 1.82) is 0 Å². The Balaban J connectivity index is 2.48. The van der Waals surface area contributed by atoms with Gasteiger partial charge in [-0.25, -0.2) is 4.79 Å².